The van der Waals surface area contributed by atoms with Gasteiger partial charge in [0.1, 0.15) is 0 Å². The van der Waals surface area contributed by atoms with Crippen molar-refractivity contribution in [1.82, 2.24) is 9.80 Å². The van der Waals surface area contributed by atoms with Gasteiger partial charge in [0.2, 0.25) is 5.91 Å². The van der Waals surface area contributed by atoms with Gasteiger partial charge >= 0.3 is 0 Å². The minimum atomic E-state index is 0.0632. The molecule has 3 aliphatic heterocycles. The summed E-state index contributed by atoms with van der Waals surface area (Å²) in [7, 11) is 0. The summed E-state index contributed by atoms with van der Waals surface area (Å²) < 4.78 is 5.87. The number of anilines is 1. The molecule has 0 unspecified atom stereocenters. The van der Waals surface area contributed by atoms with Crippen LogP contribution in [0.4, 0.5) is 5.69 Å². The second kappa shape index (κ2) is 7.85. The first-order valence-corrected chi connectivity index (χ1v) is 9.76. The molecule has 0 spiro atoms. The van der Waals surface area contributed by atoms with Gasteiger partial charge in [0.05, 0.1) is 12.1 Å². The number of amides is 1. The molecule has 3 aliphatic rings. The number of carbonyl (C=O) groups excluding carboxylic acids is 1. The molecule has 1 aromatic rings. The second-order valence-electron chi connectivity index (χ2n) is 7.46. The Hall–Kier alpha value is -1.43. The third-order valence-corrected chi connectivity index (χ3v) is 5.83. The van der Waals surface area contributed by atoms with E-state index in [1.54, 1.807) is 0 Å². The van der Waals surface area contributed by atoms with E-state index in [0.717, 1.165) is 58.0 Å². The van der Waals surface area contributed by atoms with Crippen LogP contribution in [0, 0.1) is 0 Å². The van der Waals surface area contributed by atoms with Gasteiger partial charge in [0, 0.05) is 51.6 Å². The molecule has 2 atom stereocenters. The monoisotopic (exact) mass is 343 g/mol. The molecule has 3 fully saturated rings. The third-order valence-electron chi connectivity index (χ3n) is 5.83. The van der Waals surface area contributed by atoms with Crippen molar-refractivity contribution in [1.29, 1.82) is 0 Å². The van der Waals surface area contributed by atoms with Gasteiger partial charge in [-0.05, 0) is 37.8 Å². The predicted molar refractivity (Wildman–Crippen MR) is 98.8 cm³/mol. The number of benzene rings is 1. The van der Waals surface area contributed by atoms with Crippen molar-refractivity contribution in [3.8, 4) is 0 Å². The largest absolute Gasteiger partial charge is 0.377 e. The summed E-state index contributed by atoms with van der Waals surface area (Å²) in [4.78, 5) is 19.7. The zero-order valence-corrected chi connectivity index (χ0v) is 15.0. The lowest BCUT2D eigenvalue weighted by Gasteiger charge is -2.39. The number of para-hydroxylation sites is 1. The predicted octanol–water partition coefficient (Wildman–Crippen LogP) is 1.98. The Labute approximate surface area is 150 Å². The molecule has 0 saturated carbocycles. The van der Waals surface area contributed by atoms with E-state index in [1.165, 1.54) is 19.3 Å². The standard InChI is InChI=1S/C20H29N3O2/c24-20-19(9-10-23(20)17-6-2-1-3-7-17)22-13-11-21(12-14-22)16-18-8-4-5-15-25-18/h1-3,6-7,18-19H,4-5,8-16H2/t18-,19+/m1/s1. The molecule has 0 bridgehead atoms. The average molecular weight is 343 g/mol. The van der Waals surface area contributed by atoms with Crippen molar-refractivity contribution in [2.75, 3.05) is 50.8 Å². The van der Waals surface area contributed by atoms with Crippen molar-refractivity contribution in [2.24, 2.45) is 0 Å². The first kappa shape index (κ1) is 17.0. The summed E-state index contributed by atoms with van der Waals surface area (Å²) in [5.41, 5.74) is 1.03. The topological polar surface area (TPSA) is 36.0 Å². The molecule has 0 aromatic heterocycles. The van der Waals surface area contributed by atoms with Gasteiger partial charge in [-0.1, -0.05) is 18.2 Å². The molecule has 136 valence electrons. The van der Waals surface area contributed by atoms with Gasteiger partial charge in [0.25, 0.3) is 0 Å². The SMILES string of the molecule is O=C1[C@@H](N2CCN(C[C@H]3CCCCO3)CC2)CCN1c1ccccc1. The van der Waals surface area contributed by atoms with Crippen LogP contribution in [0.15, 0.2) is 30.3 Å². The molecule has 0 aliphatic carbocycles. The summed E-state index contributed by atoms with van der Waals surface area (Å²) >= 11 is 0. The maximum atomic E-state index is 12.9. The number of hydrogen-bond acceptors (Lipinski definition) is 4. The summed E-state index contributed by atoms with van der Waals surface area (Å²) in [5.74, 6) is 0.273. The molecule has 5 nitrogen and oxygen atoms in total. The zero-order chi connectivity index (χ0) is 17.1. The molecular formula is C20H29N3O2. The minimum absolute atomic E-state index is 0.0632. The second-order valence-corrected chi connectivity index (χ2v) is 7.46. The number of nitrogens with zero attached hydrogens (tertiary/aromatic N) is 3. The maximum absolute atomic E-state index is 12.9. The highest BCUT2D eigenvalue weighted by Gasteiger charge is 2.37. The number of rotatable bonds is 4. The molecule has 0 N–H and O–H groups in total. The highest BCUT2D eigenvalue weighted by atomic mass is 16.5. The third kappa shape index (κ3) is 3.89. The molecule has 1 amide bonds. The van der Waals surface area contributed by atoms with E-state index in [4.69, 9.17) is 4.74 Å². The summed E-state index contributed by atoms with van der Waals surface area (Å²) in [5, 5.41) is 0. The smallest absolute Gasteiger partial charge is 0.244 e. The van der Waals surface area contributed by atoms with Crippen molar-refractivity contribution in [2.45, 2.75) is 37.8 Å². The first-order chi connectivity index (χ1) is 12.3. The van der Waals surface area contributed by atoms with Crippen LogP contribution in [0.2, 0.25) is 0 Å². The van der Waals surface area contributed by atoms with Crippen LogP contribution in [0.5, 0.6) is 0 Å². The molecule has 25 heavy (non-hydrogen) atoms. The first-order valence-electron chi connectivity index (χ1n) is 9.76. The van der Waals surface area contributed by atoms with Crippen molar-refractivity contribution in [3.05, 3.63) is 30.3 Å². The number of carbonyl (C=O) groups is 1. The highest BCUT2D eigenvalue weighted by Crippen LogP contribution is 2.25. The lowest BCUT2D eigenvalue weighted by molar-refractivity contribution is -0.122. The van der Waals surface area contributed by atoms with Gasteiger partial charge in [0.15, 0.2) is 0 Å². The molecule has 5 heteroatoms. The van der Waals surface area contributed by atoms with Crippen molar-refractivity contribution in [3.63, 3.8) is 0 Å². The number of hydrogen-bond donors (Lipinski definition) is 0. The van der Waals surface area contributed by atoms with Gasteiger partial charge in [-0.3, -0.25) is 14.6 Å². The van der Waals surface area contributed by atoms with E-state index in [-0.39, 0.29) is 11.9 Å². The lowest BCUT2D eigenvalue weighted by Crippen LogP contribution is -2.54. The Kier molecular flexibility index (Phi) is 5.34. The van der Waals surface area contributed by atoms with Gasteiger partial charge in [-0.25, -0.2) is 0 Å². The molecule has 3 saturated heterocycles. The van der Waals surface area contributed by atoms with Crippen LogP contribution in [0.25, 0.3) is 0 Å². The van der Waals surface area contributed by atoms with Gasteiger partial charge < -0.3 is 9.64 Å². The fourth-order valence-corrected chi connectivity index (χ4v) is 4.36. The van der Waals surface area contributed by atoms with Crippen LogP contribution in [0.3, 0.4) is 0 Å². The Morgan fingerprint density at radius 3 is 2.48 bits per heavy atom. The van der Waals surface area contributed by atoms with Gasteiger partial charge in [-0.2, -0.15) is 0 Å². The van der Waals surface area contributed by atoms with Crippen LogP contribution in [-0.4, -0.2) is 73.7 Å². The molecular weight excluding hydrogens is 314 g/mol. The number of ether oxygens (including phenoxy) is 1. The van der Waals surface area contributed by atoms with E-state index in [1.807, 2.05) is 35.2 Å². The van der Waals surface area contributed by atoms with Crippen molar-refractivity contribution >= 4 is 11.6 Å². The average Bonchev–Trinajstić information content (AvgIpc) is 3.05. The summed E-state index contributed by atoms with van der Waals surface area (Å²) in [6.45, 7) is 6.91. The lowest BCUT2D eigenvalue weighted by atomic mass is 10.1. The normalized spacial score (nSPS) is 29.3. The quantitative estimate of drug-likeness (QED) is 0.838. The Bertz CT molecular complexity index is 566. The molecule has 1 aromatic carbocycles. The fourth-order valence-electron chi connectivity index (χ4n) is 4.36. The summed E-state index contributed by atoms with van der Waals surface area (Å²) in [6, 6.07) is 10.1. The van der Waals surface area contributed by atoms with Crippen LogP contribution in [-0.2, 0) is 9.53 Å². The van der Waals surface area contributed by atoms with E-state index >= 15 is 0 Å². The highest BCUT2D eigenvalue weighted by molar-refractivity contribution is 5.99. The molecule has 3 heterocycles. The maximum Gasteiger partial charge on any atom is 0.244 e. The van der Waals surface area contributed by atoms with Crippen molar-refractivity contribution < 1.29 is 9.53 Å². The minimum Gasteiger partial charge on any atom is -0.377 e. The van der Waals surface area contributed by atoms with Crippen LogP contribution < -0.4 is 4.90 Å². The summed E-state index contributed by atoms with van der Waals surface area (Å²) in [6.07, 6.45) is 5.08. The van der Waals surface area contributed by atoms with Gasteiger partial charge in [-0.15, -0.1) is 0 Å². The number of piperazine rings is 1. The van der Waals surface area contributed by atoms with E-state index in [9.17, 15) is 4.79 Å². The molecule has 4 rings (SSSR count). The zero-order valence-electron chi connectivity index (χ0n) is 15.0. The Morgan fingerprint density at radius 2 is 1.76 bits per heavy atom. The van der Waals surface area contributed by atoms with E-state index < -0.39 is 0 Å². The van der Waals surface area contributed by atoms with E-state index in [0.29, 0.717) is 6.10 Å². The molecule has 0 radical (unpaired) electrons. The van der Waals surface area contributed by atoms with E-state index in [2.05, 4.69) is 9.80 Å². The van der Waals surface area contributed by atoms with Crippen LogP contribution in [0.1, 0.15) is 25.7 Å². The Morgan fingerprint density at radius 1 is 0.960 bits per heavy atom. The van der Waals surface area contributed by atoms with Crippen LogP contribution >= 0.6 is 0 Å². The Balaban J connectivity index is 1.28. The fraction of sp³-hybridized carbons (Fsp3) is 0.650.